The first-order chi connectivity index (χ1) is 21.8. The Hall–Kier alpha value is -5.39. The summed E-state index contributed by atoms with van der Waals surface area (Å²) in [5.74, 6) is 0.515. The lowest BCUT2D eigenvalue weighted by Crippen LogP contribution is -2.54. The smallest absolute Gasteiger partial charge is 0.0988 e. The normalized spacial score (nSPS) is 26.8. The van der Waals surface area contributed by atoms with Gasteiger partial charge in [0.1, 0.15) is 0 Å². The molecule has 0 N–H and O–H groups in total. The van der Waals surface area contributed by atoms with Gasteiger partial charge >= 0.3 is 0 Å². The summed E-state index contributed by atoms with van der Waals surface area (Å²) in [7, 11) is 0. The van der Waals surface area contributed by atoms with Crippen molar-refractivity contribution in [3.63, 3.8) is 0 Å². The van der Waals surface area contributed by atoms with Crippen LogP contribution in [-0.4, -0.2) is 6.04 Å². The molecule has 204 valence electrons. The van der Waals surface area contributed by atoms with E-state index < -0.39 is 0 Å². The van der Waals surface area contributed by atoms with Gasteiger partial charge in [-0.25, -0.2) is 0 Å². The van der Waals surface area contributed by atoms with Crippen molar-refractivity contribution in [3.05, 3.63) is 161 Å². The van der Waals surface area contributed by atoms with Gasteiger partial charge in [0.2, 0.25) is 0 Å². The number of para-hydroxylation sites is 2. The molecular weight excluding hydrogens is 532 g/mol. The van der Waals surface area contributed by atoms with Gasteiger partial charge in [-0.3, -0.25) is 0 Å². The minimum Gasteiger partial charge on any atom is -0.332 e. The number of benzene rings is 5. The van der Waals surface area contributed by atoms with Crippen LogP contribution in [0, 0.1) is 23.2 Å². The second-order valence-corrected chi connectivity index (χ2v) is 13.1. The Morgan fingerprint density at radius 3 is 2.30 bits per heavy atom. The van der Waals surface area contributed by atoms with Gasteiger partial charge in [-0.15, -0.1) is 0 Å². The molecule has 0 aromatic heterocycles. The molecule has 2 aliphatic heterocycles. The van der Waals surface area contributed by atoms with E-state index in [9.17, 15) is 5.26 Å². The zero-order valence-electron chi connectivity index (χ0n) is 23.9. The van der Waals surface area contributed by atoms with Crippen LogP contribution < -0.4 is 4.90 Å². The molecule has 4 aliphatic carbocycles. The van der Waals surface area contributed by atoms with E-state index >= 15 is 0 Å². The Kier molecular flexibility index (Phi) is 4.07. The molecule has 5 atom stereocenters. The molecule has 2 heterocycles. The van der Waals surface area contributed by atoms with E-state index in [4.69, 9.17) is 0 Å². The van der Waals surface area contributed by atoms with Gasteiger partial charge in [-0.2, -0.15) is 5.26 Å². The maximum Gasteiger partial charge on any atom is 0.0988 e. The number of rotatable bonds is 0. The molecule has 0 amide bonds. The maximum atomic E-state index is 10.1. The molecule has 5 unspecified atom stereocenters. The van der Waals surface area contributed by atoms with Crippen molar-refractivity contribution in [2.45, 2.75) is 17.4 Å². The zero-order chi connectivity index (χ0) is 28.7. The number of hydrogen-bond acceptors (Lipinski definition) is 2. The summed E-state index contributed by atoms with van der Waals surface area (Å²) < 4.78 is 0. The van der Waals surface area contributed by atoms with E-state index in [1.807, 2.05) is 0 Å². The SMILES string of the molecule is N#CC1=CC2c3c(cc4c5c(cccc35)-c3ccccc3-4)C3(c4ccccc4N4c5ccccc5C5=CC=CC3C54)C2C=C1. The van der Waals surface area contributed by atoms with Gasteiger partial charge in [0.05, 0.1) is 12.1 Å². The number of nitriles is 1. The van der Waals surface area contributed by atoms with Crippen LogP contribution in [0.3, 0.4) is 0 Å². The second-order valence-electron chi connectivity index (χ2n) is 13.1. The molecule has 0 bridgehead atoms. The first kappa shape index (κ1) is 23.1. The molecule has 0 fully saturated rings. The molecule has 1 spiro atoms. The summed E-state index contributed by atoms with van der Waals surface area (Å²) in [6.07, 6.45) is 13.9. The minimum atomic E-state index is -0.304. The highest BCUT2D eigenvalue weighted by molar-refractivity contribution is 6.17. The van der Waals surface area contributed by atoms with E-state index in [1.165, 1.54) is 72.2 Å². The fraction of sp³-hybridized carbons (Fsp3) is 0.119. The van der Waals surface area contributed by atoms with Crippen LogP contribution in [0.15, 0.2) is 139 Å². The predicted molar refractivity (Wildman–Crippen MR) is 178 cm³/mol. The van der Waals surface area contributed by atoms with Crippen LogP contribution >= 0.6 is 0 Å². The summed E-state index contributed by atoms with van der Waals surface area (Å²) >= 11 is 0. The number of anilines is 2. The molecule has 2 nitrogen and oxygen atoms in total. The topological polar surface area (TPSA) is 27.0 Å². The maximum absolute atomic E-state index is 10.1. The van der Waals surface area contributed by atoms with Gasteiger partial charge in [0.25, 0.3) is 0 Å². The van der Waals surface area contributed by atoms with E-state index in [1.54, 1.807) is 0 Å². The van der Waals surface area contributed by atoms with E-state index in [-0.39, 0.29) is 29.2 Å². The average molecular weight is 559 g/mol. The lowest BCUT2D eigenvalue weighted by molar-refractivity contribution is 0.274. The summed E-state index contributed by atoms with van der Waals surface area (Å²) in [6.45, 7) is 0. The number of fused-ring (bicyclic) bond motifs is 16. The van der Waals surface area contributed by atoms with Crippen molar-refractivity contribution in [2.75, 3.05) is 4.90 Å². The Morgan fingerprint density at radius 1 is 0.682 bits per heavy atom. The minimum absolute atomic E-state index is 0.115. The van der Waals surface area contributed by atoms with Crippen molar-refractivity contribution in [2.24, 2.45) is 11.8 Å². The Morgan fingerprint density at radius 2 is 1.43 bits per heavy atom. The molecule has 44 heavy (non-hydrogen) atoms. The molecule has 11 rings (SSSR count). The van der Waals surface area contributed by atoms with E-state index in [0.717, 1.165) is 5.57 Å². The van der Waals surface area contributed by atoms with Crippen LogP contribution in [0.5, 0.6) is 0 Å². The van der Waals surface area contributed by atoms with Crippen LogP contribution in [0.1, 0.15) is 28.2 Å². The fourth-order valence-electron chi connectivity index (χ4n) is 10.2. The number of hydrogen-bond donors (Lipinski definition) is 0. The van der Waals surface area contributed by atoms with Gasteiger partial charge in [0, 0.05) is 45.7 Å². The molecule has 0 saturated heterocycles. The van der Waals surface area contributed by atoms with Crippen molar-refractivity contribution in [1.29, 1.82) is 5.26 Å². The van der Waals surface area contributed by atoms with Crippen molar-refractivity contribution in [1.82, 2.24) is 0 Å². The molecule has 5 aromatic rings. The number of allylic oxidation sites excluding steroid dienone is 6. The van der Waals surface area contributed by atoms with Gasteiger partial charge in [-0.05, 0) is 79.6 Å². The van der Waals surface area contributed by atoms with Gasteiger partial charge in [-0.1, -0.05) is 109 Å². The highest BCUT2D eigenvalue weighted by Crippen LogP contribution is 2.70. The molecule has 5 aromatic carbocycles. The highest BCUT2D eigenvalue weighted by Gasteiger charge is 2.63. The van der Waals surface area contributed by atoms with E-state index in [0.29, 0.717) is 0 Å². The standard InChI is InChI=1S/C42H26N2/c43-23-24-19-20-33-32(21-24)40-30-14-7-12-28-25-9-1-2-10-26(25)31(39(28)30)22-36(40)42(33)34-15-4-6-18-38(34)44-37-17-5-3-11-27(37)29-13-8-16-35(42)41(29)44/h1-22,32-33,35,41H. The Labute approximate surface area is 256 Å². The first-order valence-electron chi connectivity index (χ1n) is 15.7. The van der Waals surface area contributed by atoms with Crippen molar-refractivity contribution >= 4 is 27.7 Å². The number of nitrogens with zero attached hydrogens (tertiary/aromatic N) is 2. The molecule has 0 saturated carbocycles. The fourth-order valence-corrected chi connectivity index (χ4v) is 10.2. The molecular formula is C42H26N2. The van der Waals surface area contributed by atoms with E-state index in [2.05, 4.69) is 144 Å². The zero-order valence-corrected chi connectivity index (χ0v) is 23.9. The van der Waals surface area contributed by atoms with Crippen LogP contribution in [-0.2, 0) is 5.41 Å². The van der Waals surface area contributed by atoms with Crippen LogP contribution in [0.2, 0.25) is 0 Å². The third-order valence-electron chi connectivity index (χ3n) is 11.5. The van der Waals surface area contributed by atoms with Crippen LogP contribution in [0.25, 0.3) is 38.6 Å². The Balaban J connectivity index is 1.31. The van der Waals surface area contributed by atoms with Gasteiger partial charge < -0.3 is 4.90 Å². The quantitative estimate of drug-likeness (QED) is 0.186. The van der Waals surface area contributed by atoms with Crippen LogP contribution in [0.4, 0.5) is 11.4 Å². The van der Waals surface area contributed by atoms with Crippen molar-refractivity contribution < 1.29 is 0 Å². The second kappa shape index (κ2) is 7.76. The summed E-state index contributed by atoms with van der Waals surface area (Å²) in [6, 6.07) is 39.2. The highest BCUT2D eigenvalue weighted by atomic mass is 15.2. The lowest BCUT2D eigenvalue weighted by atomic mass is 9.54. The summed E-state index contributed by atoms with van der Waals surface area (Å²) in [4.78, 5) is 2.62. The Bertz CT molecular complexity index is 2340. The summed E-state index contributed by atoms with van der Waals surface area (Å²) in [5, 5.41) is 12.8. The van der Waals surface area contributed by atoms with Gasteiger partial charge in [0.15, 0.2) is 0 Å². The largest absolute Gasteiger partial charge is 0.332 e. The molecule has 0 radical (unpaired) electrons. The third kappa shape index (κ3) is 2.42. The van der Waals surface area contributed by atoms with Crippen molar-refractivity contribution in [3.8, 4) is 28.3 Å². The lowest BCUT2D eigenvalue weighted by Gasteiger charge is -2.54. The average Bonchev–Trinajstić information content (AvgIpc) is 3.70. The molecule has 6 aliphatic rings. The summed E-state index contributed by atoms with van der Waals surface area (Å²) in [5.41, 5.74) is 15.4. The predicted octanol–water partition coefficient (Wildman–Crippen LogP) is 9.61. The third-order valence-corrected chi connectivity index (χ3v) is 11.5. The molecule has 2 heteroatoms. The monoisotopic (exact) mass is 558 g/mol. The first-order valence-corrected chi connectivity index (χ1v) is 15.7.